The summed E-state index contributed by atoms with van der Waals surface area (Å²) in [6.45, 7) is 18.6. The smallest absolute Gasteiger partial charge is 0.308 e. The Morgan fingerprint density at radius 3 is 2.11 bits per heavy atom. The van der Waals surface area contributed by atoms with Crippen molar-refractivity contribution in [3.05, 3.63) is 59.4 Å². The molecule has 4 heterocycles. The van der Waals surface area contributed by atoms with E-state index in [4.69, 9.17) is 43.2 Å². The van der Waals surface area contributed by atoms with Crippen molar-refractivity contribution < 1.29 is 67.6 Å². The van der Waals surface area contributed by atoms with Gasteiger partial charge in [0.2, 0.25) is 0 Å². The minimum absolute atomic E-state index is 0.0365. The average Bonchev–Trinajstić information content (AvgIpc) is 3.30. The quantitative estimate of drug-likeness (QED) is 0.128. The molecule has 4 aliphatic rings. The Morgan fingerprint density at radius 2 is 1.49 bits per heavy atom. The van der Waals surface area contributed by atoms with Crippen LogP contribution in [0.1, 0.15) is 93.1 Å². The van der Waals surface area contributed by atoms with Crippen molar-refractivity contribution in [3.63, 3.8) is 0 Å². The van der Waals surface area contributed by atoms with E-state index in [2.05, 4.69) is 25.7 Å². The molecule has 0 saturated carbocycles. The van der Waals surface area contributed by atoms with E-state index in [0.29, 0.717) is 36.8 Å². The molecule has 0 spiro atoms. The van der Waals surface area contributed by atoms with Gasteiger partial charge >= 0.3 is 5.97 Å². The van der Waals surface area contributed by atoms with Gasteiger partial charge in [-0.05, 0) is 109 Å². The fourth-order valence-electron chi connectivity index (χ4n) is 10.9. The number of esters is 1. The second kappa shape index (κ2) is 27.4. The number of oxime groups is 1. The number of hydrogen-bond donors (Lipinski definition) is 4. The minimum atomic E-state index is -1.25. The molecule has 398 valence electrons. The predicted octanol–water partition coefficient (Wildman–Crippen LogP) is 5.48. The van der Waals surface area contributed by atoms with Gasteiger partial charge in [0.05, 0.1) is 55.3 Å². The zero-order valence-corrected chi connectivity index (χ0v) is 43.8. The summed E-state index contributed by atoms with van der Waals surface area (Å²) in [5.41, 5.74) is 2.18. The fourth-order valence-corrected chi connectivity index (χ4v) is 10.9. The summed E-state index contributed by atoms with van der Waals surface area (Å²) in [5, 5.41) is 50.7. The third kappa shape index (κ3) is 15.8. The fraction of sp³-hybridized carbons (Fsp3) is 0.774. The number of allylic oxidation sites excluding steroid dienone is 3. The summed E-state index contributed by atoms with van der Waals surface area (Å²) in [6, 6.07) is 5.36. The highest BCUT2D eigenvalue weighted by atomic mass is 19.1. The highest BCUT2D eigenvalue weighted by Crippen LogP contribution is 2.36. The van der Waals surface area contributed by atoms with Crippen molar-refractivity contribution in [2.45, 2.75) is 174 Å². The first-order valence-corrected chi connectivity index (χ1v) is 25.5. The number of aliphatic hydroxyl groups is 4. The Hall–Kier alpha value is -2.91. The number of carbonyl (C=O) groups excluding carboxylic acids is 1. The van der Waals surface area contributed by atoms with Gasteiger partial charge in [-0.2, -0.15) is 0 Å². The maximum absolute atomic E-state index is 14.1. The van der Waals surface area contributed by atoms with Crippen LogP contribution in [0.15, 0.2) is 53.2 Å². The van der Waals surface area contributed by atoms with Gasteiger partial charge in [0, 0.05) is 45.1 Å². The molecular weight excluding hydrogens is 906 g/mol. The molecule has 0 aliphatic carbocycles. The monoisotopic (exact) mass is 992 g/mol. The van der Waals surface area contributed by atoms with Crippen LogP contribution in [0.25, 0.3) is 0 Å². The highest BCUT2D eigenvalue weighted by molar-refractivity contribution is 5.96. The normalized spacial score (nSPS) is 40.7. The van der Waals surface area contributed by atoms with E-state index >= 15 is 0 Å². The Bertz CT molecular complexity index is 1830. The van der Waals surface area contributed by atoms with E-state index in [1.54, 1.807) is 45.0 Å². The van der Waals surface area contributed by atoms with Crippen LogP contribution in [-0.4, -0.2) is 176 Å². The molecule has 1 aromatic carbocycles. The van der Waals surface area contributed by atoms with Gasteiger partial charge < -0.3 is 68.2 Å². The van der Waals surface area contributed by atoms with Crippen LogP contribution in [0, 0.1) is 41.3 Å². The molecule has 70 heavy (non-hydrogen) atoms. The number of nitrogens with zero attached hydrogens (tertiary/aromatic N) is 3. The average molecular weight is 992 g/mol. The third-order valence-corrected chi connectivity index (χ3v) is 14.8. The first kappa shape index (κ1) is 58.0. The lowest BCUT2D eigenvalue weighted by Crippen LogP contribution is -2.63. The summed E-state index contributed by atoms with van der Waals surface area (Å²) in [6.07, 6.45) is -2.54. The molecule has 4 aliphatic heterocycles. The first-order chi connectivity index (χ1) is 33.2. The van der Waals surface area contributed by atoms with Crippen LogP contribution in [-0.2, 0) is 49.4 Å². The molecular formula is C53H86FN3O13. The van der Waals surface area contributed by atoms with Gasteiger partial charge in [0.1, 0.15) is 42.9 Å². The van der Waals surface area contributed by atoms with E-state index < -0.39 is 97.5 Å². The zero-order valence-electron chi connectivity index (χ0n) is 43.8. The molecule has 19 atom stereocenters. The number of hydrogen-bond acceptors (Lipinski definition) is 16. The number of rotatable bonds is 15. The maximum Gasteiger partial charge on any atom is 0.308 e. The first-order valence-electron chi connectivity index (χ1n) is 25.5. The van der Waals surface area contributed by atoms with Gasteiger partial charge in [0.25, 0.3) is 0 Å². The number of ether oxygens (including phenoxy) is 7. The van der Waals surface area contributed by atoms with Gasteiger partial charge in [-0.15, -0.1) is 0 Å². The third-order valence-electron chi connectivity index (χ3n) is 14.8. The maximum atomic E-state index is 14.1. The van der Waals surface area contributed by atoms with Gasteiger partial charge in [-0.1, -0.05) is 69.6 Å². The Balaban J connectivity index is 1.56. The van der Waals surface area contributed by atoms with Crippen LogP contribution < -0.4 is 0 Å². The molecule has 0 aromatic heterocycles. The van der Waals surface area contributed by atoms with Crippen LogP contribution in [0.2, 0.25) is 0 Å². The molecule has 4 N–H and O–H groups in total. The van der Waals surface area contributed by atoms with Crippen molar-refractivity contribution in [1.29, 1.82) is 0 Å². The Labute approximate surface area is 416 Å². The van der Waals surface area contributed by atoms with E-state index in [0.717, 1.165) is 37.2 Å². The molecule has 4 unspecified atom stereocenters. The standard InChI is InChI=1S/C53H86FN3O13/c1-13-43-39(29-65-53-51(64-12)50(63-11)47(61)36(8)68-53)23-30(2)14-19-41(55-66-28-37-15-17-40(54)18-16-37)33(5)24-38(20-21-57-26-31(3)22-32(4)27-57)49(34(6)42(58)25-44(59)69-43)70-52-48(62)45(56(9)10)46(60)35(7)67-52/h14-19,23,31-36,38-39,42-43,45-53,58,60-62H,13,20-22,24-29H2,1-12H3/b19-14+,30-23+,55-41-/t31?,32?,33-,34?,35+,36+,38+,39?,42-,43-,45-,46+,47+,48+,49-,50+,51+,52-,53+/m1/s1. The molecule has 1 aromatic rings. The number of benzene rings is 1. The molecule has 5 rings (SSSR count). The van der Waals surface area contributed by atoms with Crippen LogP contribution >= 0.6 is 0 Å². The molecule has 0 bridgehead atoms. The van der Waals surface area contributed by atoms with Gasteiger partial charge in [-0.3, -0.25) is 4.79 Å². The summed E-state index contributed by atoms with van der Waals surface area (Å²) in [5.74, 6) is -1.62. The van der Waals surface area contributed by atoms with Crippen molar-refractivity contribution in [2.75, 3.05) is 54.6 Å². The van der Waals surface area contributed by atoms with Crippen molar-refractivity contribution in [2.24, 2.45) is 40.7 Å². The Kier molecular flexibility index (Phi) is 22.7. The predicted molar refractivity (Wildman–Crippen MR) is 263 cm³/mol. The van der Waals surface area contributed by atoms with Gasteiger partial charge in [-0.25, -0.2) is 4.39 Å². The second-order valence-corrected chi connectivity index (χ2v) is 21.0. The number of likely N-dealkylation sites (N-methyl/N-ethyl adjacent to an activating group) is 1. The number of piperidine rings is 1. The number of methoxy groups -OCH3 is 2. The lowest BCUT2D eigenvalue weighted by molar-refractivity contribution is -0.304. The van der Waals surface area contributed by atoms with Crippen LogP contribution in [0.3, 0.4) is 0 Å². The second-order valence-electron chi connectivity index (χ2n) is 21.0. The number of cyclic esters (lactones) is 1. The van der Waals surface area contributed by atoms with E-state index in [-0.39, 0.29) is 37.3 Å². The van der Waals surface area contributed by atoms with E-state index in [9.17, 15) is 29.6 Å². The SMILES string of the molecule is CC[C@H]1OC(=O)C[C@@H](O)C(C)[C@@H](O[C@H]2O[C@@H](C)[C@H](O)[C@@H](N(C)C)[C@@H]2O)[C@@H](CCN2CC(C)CC(C)C2)C[C@@H](C)C(=N\OCc2ccc(F)cc2)/C=C/C(C)=C/C1CO[C@H]1O[C@@H](C)[C@H](O)[C@H](OC)[C@@H]1OC. The van der Waals surface area contributed by atoms with Crippen LogP contribution in [0.5, 0.6) is 0 Å². The van der Waals surface area contributed by atoms with Gasteiger partial charge in [0.15, 0.2) is 12.6 Å². The van der Waals surface area contributed by atoms with E-state index in [1.165, 1.54) is 26.4 Å². The van der Waals surface area contributed by atoms with Crippen molar-refractivity contribution >= 4 is 11.7 Å². The number of likely N-dealkylation sites (tertiary alicyclic amines) is 1. The molecule has 3 fully saturated rings. The molecule has 0 radical (unpaired) electrons. The summed E-state index contributed by atoms with van der Waals surface area (Å²) in [7, 11) is 6.56. The summed E-state index contributed by atoms with van der Waals surface area (Å²) >= 11 is 0. The topological polar surface area (TPSA) is 191 Å². The molecule has 17 heteroatoms. The lowest BCUT2D eigenvalue weighted by atomic mass is 9.79. The van der Waals surface area contributed by atoms with Crippen molar-refractivity contribution in [1.82, 2.24) is 9.80 Å². The number of aliphatic hydroxyl groups excluding tert-OH is 4. The highest BCUT2D eigenvalue weighted by Gasteiger charge is 2.48. The molecule has 16 nitrogen and oxygen atoms in total. The lowest BCUT2D eigenvalue weighted by Gasteiger charge is -2.47. The molecule has 0 amide bonds. The Morgan fingerprint density at radius 1 is 0.843 bits per heavy atom. The molecule has 3 saturated heterocycles. The number of carbonyl (C=O) groups is 1. The van der Waals surface area contributed by atoms with Crippen LogP contribution in [0.4, 0.5) is 4.39 Å². The summed E-state index contributed by atoms with van der Waals surface area (Å²) in [4.78, 5) is 24.3. The largest absolute Gasteiger partial charge is 0.462 e. The van der Waals surface area contributed by atoms with E-state index in [1.807, 2.05) is 39.0 Å². The minimum Gasteiger partial charge on any atom is -0.462 e. The number of halogens is 1. The summed E-state index contributed by atoms with van der Waals surface area (Å²) < 4.78 is 57.1. The zero-order chi connectivity index (χ0) is 51.4. The van der Waals surface area contributed by atoms with Crippen molar-refractivity contribution in [3.8, 4) is 0 Å².